The first-order valence-corrected chi connectivity index (χ1v) is 8.19. The topological polar surface area (TPSA) is 38.5 Å². The highest BCUT2D eigenvalue weighted by Gasteiger charge is 2.20. The van der Waals surface area contributed by atoms with Crippen molar-refractivity contribution in [1.29, 1.82) is 0 Å². The zero-order valence-electron chi connectivity index (χ0n) is 13.2. The average molecular weight is 270 g/mol. The zero-order chi connectivity index (χ0) is 14.1. The standard InChI is InChI=1S/C16H34N2O/c1-4-10-19-16-6-5-8-18(13-16)9-7-15(12-17)11-14(2)3/h14-16H,4-13,17H2,1-3H3. The molecule has 0 amide bonds. The molecule has 0 aromatic rings. The average Bonchev–Trinajstić information content (AvgIpc) is 2.41. The quantitative estimate of drug-likeness (QED) is 0.700. The second-order valence-corrected chi connectivity index (χ2v) is 6.46. The monoisotopic (exact) mass is 270 g/mol. The van der Waals surface area contributed by atoms with Crippen molar-refractivity contribution in [2.75, 3.05) is 32.8 Å². The number of nitrogens with two attached hydrogens (primary N) is 1. The van der Waals surface area contributed by atoms with Gasteiger partial charge < -0.3 is 15.4 Å². The molecule has 1 fully saturated rings. The molecule has 3 heteroatoms. The molecule has 1 saturated heterocycles. The van der Waals surface area contributed by atoms with Crippen LogP contribution in [-0.2, 0) is 4.74 Å². The summed E-state index contributed by atoms with van der Waals surface area (Å²) in [6.07, 6.45) is 6.62. The van der Waals surface area contributed by atoms with Crippen molar-refractivity contribution in [2.24, 2.45) is 17.6 Å². The first-order chi connectivity index (χ1) is 9.15. The minimum absolute atomic E-state index is 0.468. The molecule has 0 spiro atoms. The minimum Gasteiger partial charge on any atom is -0.377 e. The van der Waals surface area contributed by atoms with E-state index in [1.165, 1.54) is 38.8 Å². The highest BCUT2D eigenvalue weighted by molar-refractivity contribution is 4.75. The Morgan fingerprint density at radius 3 is 2.79 bits per heavy atom. The van der Waals surface area contributed by atoms with Gasteiger partial charge >= 0.3 is 0 Å². The minimum atomic E-state index is 0.468. The van der Waals surface area contributed by atoms with E-state index < -0.39 is 0 Å². The molecule has 0 bridgehead atoms. The van der Waals surface area contributed by atoms with Crippen LogP contribution in [0.4, 0.5) is 0 Å². The van der Waals surface area contributed by atoms with Crippen LogP contribution >= 0.6 is 0 Å². The molecular weight excluding hydrogens is 236 g/mol. The lowest BCUT2D eigenvalue weighted by Crippen LogP contribution is -2.41. The summed E-state index contributed by atoms with van der Waals surface area (Å²) in [4.78, 5) is 2.58. The third kappa shape index (κ3) is 7.28. The first-order valence-electron chi connectivity index (χ1n) is 8.19. The lowest BCUT2D eigenvalue weighted by Gasteiger charge is -2.33. The molecule has 0 radical (unpaired) electrons. The third-order valence-corrected chi connectivity index (χ3v) is 4.01. The molecule has 3 nitrogen and oxygen atoms in total. The molecular formula is C16H34N2O. The Bertz CT molecular complexity index is 221. The van der Waals surface area contributed by atoms with Crippen molar-refractivity contribution in [3.63, 3.8) is 0 Å². The molecule has 0 aliphatic carbocycles. The van der Waals surface area contributed by atoms with Gasteiger partial charge in [0.2, 0.25) is 0 Å². The second-order valence-electron chi connectivity index (χ2n) is 6.46. The number of likely N-dealkylation sites (tertiary alicyclic amines) is 1. The van der Waals surface area contributed by atoms with Crippen LogP contribution in [0.3, 0.4) is 0 Å². The maximum Gasteiger partial charge on any atom is 0.0702 e. The molecule has 0 saturated carbocycles. The smallest absolute Gasteiger partial charge is 0.0702 e. The van der Waals surface area contributed by atoms with E-state index in [1.807, 2.05) is 0 Å². The Hall–Kier alpha value is -0.120. The predicted octanol–water partition coefficient (Wildman–Crippen LogP) is 2.89. The summed E-state index contributed by atoms with van der Waals surface area (Å²) in [5.74, 6) is 1.45. The van der Waals surface area contributed by atoms with E-state index in [9.17, 15) is 0 Å². The summed E-state index contributed by atoms with van der Waals surface area (Å²) in [6, 6.07) is 0. The molecule has 0 aromatic carbocycles. The summed E-state index contributed by atoms with van der Waals surface area (Å²) >= 11 is 0. The van der Waals surface area contributed by atoms with Crippen LogP contribution in [0.5, 0.6) is 0 Å². The Labute approximate surface area is 119 Å². The number of ether oxygens (including phenoxy) is 1. The van der Waals surface area contributed by atoms with Crippen molar-refractivity contribution in [3.8, 4) is 0 Å². The van der Waals surface area contributed by atoms with Gasteiger partial charge in [0.1, 0.15) is 0 Å². The lowest BCUT2D eigenvalue weighted by molar-refractivity contribution is -0.00135. The van der Waals surface area contributed by atoms with E-state index in [0.717, 1.165) is 32.0 Å². The van der Waals surface area contributed by atoms with Gasteiger partial charge in [-0.15, -0.1) is 0 Å². The van der Waals surface area contributed by atoms with Gasteiger partial charge in [-0.05, 0) is 63.6 Å². The SMILES string of the molecule is CCCOC1CCCN(CCC(CN)CC(C)C)C1. The molecule has 0 aromatic heterocycles. The summed E-state index contributed by atoms with van der Waals surface area (Å²) < 4.78 is 5.89. The van der Waals surface area contributed by atoms with Gasteiger partial charge in [-0.2, -0.15) is 0 Å². The molecule has 1 aliphatic rings. The van der Waals surface area contributed by atoms with Gasteiger partial charge in [0.15, 0.2) is 0 Å². The summed E-state index contributed by atoms with van der Waals surface area (Å²) in [5.41, 5.74) is 5.89. The molecule has 2 atom stereocenters. The van der Waals surface area contributed by atoms with Crippen LogP contribution in [0.1, 0.15) is 52.9 Å². The molecule has 2 unspecified atom stereocenters. The Morgan fingerprint density at radius 1 is 1.37 bits per heavy atom. The molecule has 1 heterocycles. The normalized spacial score (nSPS) is 22.9. The fraction of sp³-hybridized carbons (Fsp3) is 1.00. The number of hydrogen-bond acceptors (Lipinski definition) is 3. The number of rotatable bonds is 9. The van der Waals surface area contributed by atoms with Crippen molar-refractivity contribution >= 4 is 0 Å². The highest BCUT2D eigenvalue weighted by Crippen LogP contribution is 2.18. The predicted molar refractivity (Wildman–Crippen MR) is 82.3 cm³/mol. The second kappa shape index (κ2) is 9.73. The summed E-state index contributed by atoms with van der Waals surface area (Å²) in [6.45, 7) is 12.1. The van der Waals surface area contributed by atoms with Crippen molar-refractivity contribution in [2.45, 2.75) is 59.0 Å². The Morgan fingerprint density at radius 2 is 2.16 bits per heavy atom. The van der Waals surface area contributed by atoms with Crippen molar-refractivity contribution in [3.05, 3.63) is 0 Å². The van der Waals surface area contributed by atoms with Gasteiger partial charge in [0, 0.05) is 13.2 Å². The highest BCUT2D eigenvalue weighted by atomic mass is 16.5. The largest absolute Gasteiger partial charge is 0.377 e. The van der Waals surface area contributed by atoms with E-state index in [4.69, 9.17) is 10.5 Å². The van der Waals surface area contributed by atoms with Gasteiger partial charge in [-0.3, -0.25) is 0 Å². The molecule has 1 rings (SSSR count). The van der Waals surface area contributed by atoms with Crippen LogP contribution in [0.25, 0.3) is 0 Å². The van der Waals surface area contributed by atoms with Crippen LogP contribution in [-0.4, -0.2) is 43.8 Å². The third-order valence-electron chi connectivity index (χ3n) is 4.01. The van der Waals surface area contributed by atoms with Crippen LogP contribution < -0.4 is 5.73 Å². The first kappa shape index (κ1) is 16.9. The Balaban J connectivity index is 2.23. The number of piperidine rings is 1. The van der Waals surface area contributed by atoms with Crippen molar-refractivity contribution in [1.82, 2.24) is 4.90 Å². The van der Waals surface area contributed by atoms with E-state index >= 15 is 0 Å². The fourth-order valence-electron chi connectivity index (χ4n) is 3.00. The maximum absolute atomic E-state index is 5.89. The van der Waals surface area contributed by atoms with Gasteiger partial charge in [0.25, 0.3) is 0 Å². The van der Waals surface area contributed by atoms with Gasteiger partial charge in [0.05, 0.1) is 6.10 Å². The Kier molecular flexibility index (Phi) is 8.67. The van der Waals surface area contributed by atoms with Crippen LogP contribution in [0.2, 0.25) is 0 Å². The lowest BCUT2D eigenvalue weighted by atomic mass is 9.94. The molecule has 2 N–H and O–H groups in total. The summed E-state index contributed by atoms with van der Waals surface area (Å²) in [5, 5.41) is 0. The zero-order valence-corrected chi connectivity index (χ0v) is 13.2. The van der Waals surface area contributed by atoms with Crippen LogP contribution in [0, 0.1) is 11.8 Å². The van der Waals surface area contributed by atoms with Gasteiger partial charge in [-0.1, -0.05) is 20.8 Å². The van der Waals surface area contributed by atoms with Crippen molar-refractivity contribution < 1.29 is 4.74 Å². The van der Waals surface area contributed by atoms with E-state index in [2.05, 4.69) is 25.7 Å². The molecule has 1 aliphatic heterocycles. The van der Waals surface area contributed by atoms with E-state index in [0.29, 0.717) is 12.0 Å². The van der Waals surface area contributed by atoms with E-state index in [-0.39, 0.29) is 0 Å². The molecule has 114 valence electrons. The maximum atomic E-state index is 5.89. The number of hydrogen-bond donors (Lipinski definition) is 1. The van der Waals surface area contributed by atoms with E-state index in [1.54, 1.807) is 0 Å². The summed E-state index contributed by atoms with van der Waals surface area (Å²) in [7, 11) is 0. The molecule has 19 heavy (non-hydrogen) atoms. The van der Waals surface area contributed by atoms with Crippen LogP contribution in [0.15, 0.2) is 0 Å². The number of nitrogens with zero attached hydrogens (tertiary/aromatic N) is 1. The van der Waals surface area contributed by atoms with Gasteiger partial charge in [-0.25, -0.2) is 0 Å². The fourth-order valence-corrected chi connectivity index (χ4v) is 3.00.